The second-order valence-electron chi connectivity index (χ2n) is 2.57. The molecule has 1 fully saturated rings. The molecule has 4 heteroatoms. The molecule has 3 N–H and O–H groups in total. The monoisotopic (exact) mass is 143 g/mol. The van der Waals surface area contributed by atoms with E-state index in [0.717, 1.165) is 0 Å². The van der Waals surface area contributed by atoms with Gasteiger partial charge in [0.25, 0.3) is 0 Å². The van der Waals surface area contributed by atoms with Gasteiger partial charge in [-0.25, -0.2) is 5.43 Å². The normalized spacial score (nSPS) is 26.0. The molecule has 0 bridgehead atoms. The van der Waals surface area contributed by atoms with Gasteiger partial charge < -0.3 is 5.73 Å². The Balaban J connectivity index is 2.39. The summed E-state index contributed by atoms with van der Waals surface area (Å²) in [6, 6.07) is 0.277. The Labute approximate surface area is 60.3 Å². The molecule has 1 aliphatic heterocycles. The standard InChI is InChI=1S/C6H13N3O/c1-5-4-6(10)9(8-5)3-2-7/h5,8H,2-4,7H2,1H3. The third-order valence-electron chi connectivity index (χ3n) is 1.51. The van der Waals surface area contributed by atoms with Crippen molar-refractivity contribution in [1.29, 1.82) is 0 Å². The third-order valence-corrected chi connectivity index (χ3v) is 1.51. The molecule has 1 amide bonds. The van der Waals surface area contributed by atoms with E-state index in [-0.39, 0.29) is 11.9 Å². The van der Waals surface area contributed by atoms with Crippen LogP contribution in [0.5, 0.6) is 0 Å². The molecular weight excluding hydrogens is 130 g/mol. The molecule has 0 spiro atoms. The van der Waals surface area contributed by atoms with Crippen LogP contribution in [0.3, 0.4) is 0 Å². The van der Waals surface area contributed by atoms with Gasteiger partial charge in [-0.1, -0.05) is 0 Å². The number of hydrazine groups is 1. The highest BCUT2D eigenvalue weighted by atomic mass is 16.2. The molecule has 58 valence electrons. The quantitative estimate of drug-likeness (QED) is 0.525. The largest absolute Gasteiger partial charge is 0.329 e. The average molecular weight is 143 g/mol. The minimum absolute atomic E-state index is 0.151. The maximum Gasteiger partial charge on any atom is 0.238 e. The van der Waals surface area contributed by atoms with E-state index in [4.69, 9.17) is 5.73 Å². The van der Waals surface area contributed by atoms with E-state index in [0.29, 0.717) is 19.5 Å². The molecule has 1 aliphatic rings. The fraction of sp³-hybridized carbons (Fsp3) is 0.833. The highest BCUT2D eigenvalue weighted by Gasteiger charge is 2.24. The summed E-state index contributed by atoms with van der Waals surface area (Å²) in [4.78, 5) is 11.0. The fourth-order valence-electron chi connectivity index (χ4n) is 1.07. The zero-order valence-electron chi connectivity index (χ0n) is 6.13. The van der Waals surface area contributed by atoms with Crippen molar-refractivity contribution in [3.63, 3.8) is 0 Å². The van der Waals surface area contributed by atoms with Crippen molar-refractivity contribution in [3.8, 4) is 0 Å². The van der Waals surface area contributed by atoms with E-state index in [1.54, 1.807) is 5.01 Å². The summed E-state index contributed by atoms with van der Waals surface area (Å²) >= 11 is 0. The van der Waals surface area contributed by atoms with Gasteiger partial charge in [0.1, 0.15) is 0 Å². The summed E-state index contributed by atoms with van der Waals surface area (Å²) < 4.78 is 0. The van der Waals surface area contributed by atoms with Gasteiger partial charge in [-0.3, -0.25) is 9.80 Å². The van der Waals surface area contributed by atoms with E-state index in [2.05, 4.69) is 5.43 Å². The van der Waals surface area contributed by atoms with Crippen LogP contribution in [0, 0.1) is 0 Å². The van der Waals surface area contributed by atoms with E-state index in [1.807, 2.05) is 6.92 Å². The molecule has 1 unspecified atom stereocenters. The average Bonchev–Trinajstić information content (AvgIpc) is 2.13. The van der Waals surface area contributed by atoms with E-state index in [9.17, 15) is 4.79 Å². The molecule has 0 aliphatic carbocycles. The first kappa shape index (κ1) is 7.50. The molecule has 4 nitrogen and oxygen atoms in total. The minimum Gasteiger partial charge on any atom is -0.329 e. The van der Waals surface area contributed by atoms with Crippen LogP contribution in [0.4, 0.5) is 0 Å². The van der Waals surface area contributed by atoms with Crippen LogP contribution in [0.2, 0.25) is 0 Å². The van der Waals surface area contributed by atoms with E-state index < -0.39 is 0 Å². The van der Waals surface area contributed by atoms with Crippen molar-refractivity contribution in [2.75, 3.05) is 13.1 Å². The van der Waals surface area contributed by atoms with Gasteiger partial charge in [0.15, 0.2) is 0 Å². The SMILES string of the molecule is CC1CC(=O)N(CCN)N1. The van der Waals surface area contributed by atoms with Crippen LogP contribution in [0.25, 0.3) is 0 Å². The first-order valence-corrected chi connectivity index (χ1v) is 3.50. The van der Waals surface area contributed by atoms with E-state index in [1.165, 1.54) is 0 Å². The van der Waals surface area contributed by atoms with Gasteiger partial charge in [0.05, 0.1) is 0 Å². The smallest absolute Gasteiger partial charge is 0.238 e. The van der Waals surface area contributed by atoms with Crippen molar-refractivity contribution in [2.45, 2.75) is 19.4 Å². The zero-order chi connectivity index (χ0) is 7.56. The first-order chi connectivity index (χ1) is 4.74. The van der Waals surface area contributed by atoms with Crippen LogP contribution in [-0.4, -0.2) is 30.0 Å². The molecular formula is C6H13N3O. The maximum atomic E-state index is 11.0. The minimum atomic E-state index is 0.151. The first-order valence-electron chi connectivity index (χ1n) is 3.50. The van der Waals surface area contributed by atoms with Crippen molar-refractivity contribution < 1.29 is 4.79 Å². The lowest BCUT2D eigenvalue weighted by atomic mass is 10.3. The van der Waals surface area contributed by atoms with Crippen molar-refractivity contribution in [3.05, 3.63) is 0 Å². The van der Waals surface area contributed by atoms with Gasteiger partial charge in [0, 0.05) is 25.6 Å². The Hall–Kier alpha value is -0.610. The number of nitrogens with two attached hydrogens (primary N) is 1. The summed E-state index contributed by atoms with van der Waals surface area (Å²) in [6.45, 7) is 3.11. The van der Waals surface area contributed by atoms with Crippen molar-refractivity contribution >= 4 is 5.91 Å². The highest BCUT2D eigenvalue weighted by molar-refractivity contribution is 5.78. The van der Waals surface area contributed by atoms with Gasteiger partial charge in [-0.05, 0) is 6.92 Å². The van der Waals surface area contributed by atoms with Crippen molar-refractivity contribution in [1.82, 2.24) is 10.4 Å². The van der Waals surface area contributed by atoms with Crippen LogP contribution < -0.4 is 11.2 Å². The fourth-order valence-corrected chi connectivity index (χ4v) is 1.07. The van der Waals surface area contributed by atoms with Gasteiger partial charge in [-0.15, -0.1) is 0 Å². The molecule has 1 heterocycles. The lowest BCUT2D eigenvalue weighted by Gasteiger charge is -2.14. The van der Waals surface area contributed by atoms with Crippen LogP contribution in [0.15, 0.2) is 0 Å². The van der Waals surface area contributed by atoms with E-state index >= 15 is 0 Å². The summed E-state index contributed by atoms with van der Waals surface area (Å²) in [5.41, 5.74) is 8.29. The summed E-state index contributed by atoms with van der Waals surface area (Å²) in [5, 5.41) is 1.59. The van der Waals surface area contributed by atoms with Crippen LogP contribution in [0.1, 0.15) is 13.3 Å². The molecule has 0 aromatic heterocycles. The summed E-state index contributed by atoms with van der Waals surface area (Å²) in [6.07, 6.45) is 0.597. The predicted octanol–water partition coefficient (Wildman–Crippen LogP) is -0.929. The number of rotatable bonds is 2. The predicted molar refractivity (Wildman–Crippen MR) is 38.0 cm³/mol. The lowest BCUT2D eigenvalue weighted by molar-refractivity contribution is -0.129. The second kappa shape index (κ2) is 2.98. The van der Waals surface area contributed by atoms with Gasteiger partial charge in [-0.2, -0.15) is 0 Å². The summed E-state index contributed by atoms with van der Waals surface area (Å²) in [5.74, 6) is 0.151. The number of nitrogens with zero attached hydrogens (tertiary/aromatic N) is 1. The Morgan fingerprint density at radius 1 is 1.90 bits per heavy atom. The number of carbonyl (C=O) groups excluding carboxylic acids is 1. The number of amides is 1. The maximum absolute atomic E-state index is 11.0. The Morgan fingerprint density at radius 3 is 3.00 bits per heavy atom. The molecule has 1 saturated heterocycles. The van der Waals surface area contributed by atoms with Gasteiger partial charge in [0.2, 0.25) is 5.91 Å². The molecule has 1 atom stereocenters. The number of nitrogens with one attached hydrogen (secondary N) is 1. The van der Waals surface area contributed by atoms with Crippen LogP contribution in [-0.2, 0) is 4.79 Å². The van der Waals surface area contributed by atoms with Gasteiger partial charge >= 0.3 is 0 Å². The summed E-state index contributed by atoms with van der Waals surface area (Å²) in [7, 11) is 0. The molecule has 10 heavy (non-hydrogen) atoms. The molecule has 0 saturated carbocycles. The molecule has 0 radical (unpaired) electrons. The number of hydrogen-bond acceptors (Lipinski definition) is 3. The molecule has 1 rings (SSSR count). The van der Waals surface area contributed by atoms with Crippen LogP contribution >= 0.6 is 0 Å². The highest BCUT2D eigenvalue weighted by Crippen LogP contribution is 2.04. The lowest BCUT2D eigenvalue weighted by Crippen LogP contribution is -2.39. The van der Waals surface area contributed by atoms with Crippen molar-refractivity contribution in [2.24, 2.45) is 5.73 Å². The molecule has 0 aromatic carbocycles. The third kappa shape index (κ3) is 1.46. The Kier molecular flexibility index (Phi) is 2.24. The Morgan fingerprint density at radius 2 is 2.60 bits per heavy atom. The molecule has 0 aromatic rings. The number of hydrogen-bond donors (Lipinski definition) is 2. The second-order valence-corrected chi connectivity index (χ2v) is 2.57. The topological polar surface area (TPSA) is 58.4 Å². The zero-order valence-corrected chi connectivity index (χ0v) is 6.13. The number of carbonyl (C=O) groups is 1. The Bertz CT molecular complexity index is 137.